The summed E-state index contributed by atoms with van der Waals surface area (Å²) in [4.78, 5) is 35.4. The van der Waals surface area contributed by atoms with E-state index in [1.165, 1.54) is 22.9 Å². The number of aromatic amines is 1. The van der Waals surface area contributed by atoms with E-state index in [1.54, 1.807) is 12.1 Å². The van der Waals surface area contributed by atoms with Crippen LogP contribution in [0, 0.1) is 15.9 Å². The smallest absolute Gasteiger partial charge is 0.354 e. The van der Waals surface area contributed by atoms with Crippen molar-refractivity contribution in [3.63, 3.8) is 0 Å². The molecule has 2 aromatic carbocycles. The number of aliphatic imine (C=N–C) groups is 1. The lowest BCUT2D eigenvalue weighted by atomic mass is 10.0. The Morgan fingerprint density at radius 1 is 1.21 bits per heavy atom. The van der Waals surface area contributed by atoms with Gasteiger partial charge < -0.3 is 27.5 Å². The summed E-state index contributed by atoms with van der Waals surface area (Å²) in [5.41, 5.74) is 17.4. The number of hydrogen-bond donors (Lipinski definition) is 5. The third-order valence-corrected chi connectivity index (χ3v) is 7.33. The van der Waals surface area contributed by atoms with Crippen LogP contribution in [0.3, 0.4) is 0 Å². The summed E-state index contributed by atoms with van der Waals surface area (Å²) in [6.45, 7) is 5.00. The molecular weight excluding hydrogens is 577 g/mol. The van der Waals surface area contributed by atoms with Crippen molar-refractivity contribution in [2.24, 2.45) is 22.2 Å². The molecule has 12 nitrogen and oxygen atoms in total. The fourth-order valence-corrected chi connectivity index (χ4v) is 5.00. The molecule has 228 valence electrons. The van der Waals surface area contributed by atoms with E-state index >= 15 is 4.39 Å². The Morgan fingerprint density at radius 3 is 2.58 bits per heavy atom. The Kier molecular flexibility index (Phi) is 10.1. The van der Waals surface area contributed by atoms with Crippen LogP contribution in [0.4, 0.5) is 10.1 Å². The molecule has 0 aliphatic rings. The number of benzene rings is 2. The van der Waals surface area contributed by atoms with Crippen molar-refractivity contribution in [2.45, 2.75) is 58.2 Å². The average Bonchev–Trinajstić information content (AvgIpc) is 3.31. The minimum Gasteiger partial charge on any atom is -0.370 e. The summed E-state index contributed by atoms with van der Waals surface area (Å²) in [6.07, 6.45) is 4.15. The summed E-state index contributed by atoms with van der Waals surface area (Å²) in [6, 6.07) is 10.3. The highest BCUT2D eigenvalue weighted by molar-refractivity contribution is 6.31. The Bertz CT molecular complexity index is 1700. The number of nitrogens with one attached hydrogen (secondary N) is 2. The maximum absolute atomic E-state index is 15.3. The molecule has 0 saturated carbocycles. The van der Waals surface area contributed by atoms with Gasteiger partial charge >= 0.3 is 11.4 Å². The molecule has 2 heterocycles. The van der Waals surface area contributed by atoms with Crippen LogP contribution in [0.2, 0.25) is 5.02 Å². The number of aromatic nitrogens is 3. The SMILES string of the molecule is C[C@H](N)CCCc1cc(Cl)c(F)c(-c2[nH]c3nc(=O)n(-c4ccc(CN[C@H](C)CCN=C(N)N)cc4)cc3c2[N+](=O)[O-])c1. The first kappa shape index (κ1) is 31.6. The van der Waals surface area contributed by atoms with E-state index in [0.29, 0.717) is 30.8 Å². The van der Waals surface area contributed by atoms with Crippen molar-refractivity contribution < 1.29 is 9.31 Å². The van der Waals surface area contributed by atoms with Crippen LogP contribution in [-0.2, 0) is 13.0 Å². The molecule has 4 rings (SSSR count). The van der Waals surface area contributed by atoms with Gasteiger partial charge in [-0.15, -0.1) is 0 Å². The van der Waals surface area contributed by atoms with E-state index in [9.17, 15) is 14.9 Å². The molecule has 0 saturated heterocycles. The highest BCUT2D eigenvalue weighted by Gasteiger charge is 2.28. The summed E-state index contributed by atoms with van der Waals surface area (Å²) in [5, 5.41) is 15.5. The van der Waals surface area contributed by atoms with Crippen LogP contribution in [0.25, 0.3) is 28.0 Å². The van der Waals surface area contributed by atoms with Crippen molar-refractivity contribution in [3.05, 3.63) is 85.2 Å². The number of nitrogens with zero attached hydrogens (tertiary/aromatic N) is 4. The summed E-state index contributed by atoms with van der Waals surface area (Å²) < 4.78 is 16.5. The quantitative estimate of drug-likeness (QED) is 0.0649. The number of hydrogen-bond acceptors (Lipinski definition) is 7. The lowest BCUT2D eigenvalue weighted by Crippen LogP contribution is -2.27. The molecule has 0 unspecified atom stereocenters. The Labute approximate surface area is 252 Å². The maximum Gasteiger partial charge on any atom is 0.354 e. The number of guanidine groups is 1. The van der Waals surface area contributed by atoms with Crippen LogP contribution in [0.1, 0.15) is 44.2 Å². The molecule has 2 aromatic heterocycles. The number of halogens is 2. The third kappa shape index (κ3) is 7.74. The van der Waals surface area contributed by atoms with Gasteiger partial charge in [-0.25, -0.2) is 9.18 Å². The normalized spacial score (nSPS) is 12.8. The second kappa shape index (κ2) is 13.8. The zero-order chi connectivity index (χ0) is 31.3. The topological polar surface area (TPSA) is 196 Å². The number of fused-ring (bicyclic) bond motifs is 1. The maximum atomic E-state index is 15.3. The molecule has 0 bridgehead atoms. The highest BCUT2D eigenvalue weighted by atomic mass is 35.5. The molecule has 0 aliphatic heterocycles. The van der Waals surface area contributed by atoms with E-state index in [1.807, 2.05) is 26.0 Å². The van der Waals surface area contributed by atoms with Gasteiger partial charge in [-0.2, -0.15) is 4.98 Å². The van der Waals surface area contributed by atoms with Crippen LogP contribution < -0.4 is 28.2 Å². The lowest BCUT2D eigenvalue weighted by Gasteiger charge is -2.13. The van der Waals surface area contributed by atoms with Crippen LogP contribution in [0.5, 0.6) is 0 Å². The first-order chi connectivity index (χ1) is 20.4. The molecule has 8 N–H and O–H groups in total. The lowest BCUT2D eigenvalue weighted by molar-refractivity contribution is -0.382. The molecule has 4 aromatic rings. The fraction of sp³-hybridized carbons (Fsp3) is 0.345. The minimum atomic E-state index is -0.808. The van der Waals surface area contributed by atoms with Gasteiger partial charge in [0.05, 0.1) is 15.6 Å². The Morgan fingerprint density at radius 2 is 1.93 bits per heavy atom. The number of nitro groups is 1. The Hall–Kier alpha value is -4.33. The first-order valence-electron chi connectivity index (χ1n) is 13.9. The highest BCUT2D eigenvalue weighted by Crippen LogP contribution is 2.39. The zero-order valence-corrected chi connectivity index (χ0v) is 24.7. The molecule has 2 atom stereocenters. The molecule has 0 spiro atoms. The van der Waals surface area contributed by atoms with Crippen LogP contribution >= 0.6 is 11.6 Å². The molecule has 14 heteroatoms. The van der Waals surface area contributed by atoms with Crippen molar-refractivity contribution in [3.8, 4) is 16.9 Å². The summed E-state index contributed by atoms with van der Waals surface area (Å²) in [7, 11) is 0. The van der Waals surface area contributed by atoms with Crippen molar-refractivity contribution >= 4 is 34.3 Å². The monoisotopic (exact) mass is 611 g/mol. The minimum absolute atomic E-state index is 0.00805. The molecule has 0 fully saturated rings. The van der Waals surface area contributed by atoms with Gasteiger partial charge in [-0.1, -0.05) is 23.7 Å². The Balaban J connectivity index is 1.64. The van der Waals surface area contributed by atoms with E-state index < -0.39 is 22.1 Å². The average molecular weight is 612 g/mol. The van der Waals surface area contributed by atoms with E-state index in [4.69, 9.17) is 28.8 Å². The predicted octanol–water partition coefficient (Wildman–Crippen LogP) is 3.89. The fourth-order valence-electron chi connectivity index (χ4n) is 4.76. The van der Waals surface area contributed by atoms with Crippen LogP contribution in [0.15, 0.2) is 52.4 Å². The number of aryl methyl sites for hydroxylation is 1. The van der Waals surface area contributed by atoms with Gasteiger partial charge in [0.25, 0.3) is 0 Å². The van der Waals surface area contributed by atoms with Crippen molar-refractivity contribution in [1.82, 2.24) is 19.9 Å². The second-order valence-electron chi connectivity index (χ2n) is 10.6. The molecular formula is C29H35ClFN9O3. The molecule has 0 amide bonds. The molecule has 0 aliphatic carbocycles. The van der Waals surface area contributed by atoms with Gasteiger partial charge in [-0.05, 0) is 74.9 Å². The second-order valence-corrected chi connectivity index (χ2v) is 11.0. The third-order valence-electron chi connectivity index (χ3n) is 7.05. The van der Waals surface area contributed by atoms with E-state index in [0.717, 1.165) is 24.8 Å². The zero-order valence-electron chi connectivity index (χ0n) is 23.9. The number of rotatable bonds is 13. The number of H-pyrrole nitrogens is 1. The van der Waals surface area contributed by atoms with Gasteiger partial charge in [0, 0.05) is 36.9 Å². The van der Waals surface area contributed by atoms with Crippen LogP contribution in [-0.4, -0.2) is 44.0 Å². The van der Waals surface area contributed by atoms with Crippen molar-refractivity contribution in [2.75, 3.05) is 6.54 Å². The van der Waals surface area contributed by atoms with E-state index in [-0.39, 0.29) is 45.4 Å². The van der Waals surface area contributed by atoms with Crippen molar-refractivity contribution in [1.29, 1.82) is 0 Å². The summed E-state index contributed by atoms with van der Waals surface area (Å²) >= 11 is 6.19. The van der Waals surface area contributed by atoms with Gasteiger partial charge in [-0.3, -0.25) is 19.7 Å². The first-order valence-corrected chi connectivity index (χ1v) is 14.2. The van der Waals surface area contributed by atoms with E-state index in [2.05, 4.69) is 20.3 Å². The predicted molar refractivity (Wildman–Crippen MR) is 167 cm³/mol. The molecule has 0 radical (unpaired) electrons. The standard InChI is InChI=1S/C29H35ClFN9O3/c1-16(32)4-3-5-19-12-21(24(31)23(30)13-19)25-26(40(42)43)22-15-39(29(41)38-27(22)37-25)20-8-6-18(7-9-20)14-36-17(2)10-11-35-28(33)34/h6-9,12-13,15-17,36H,3-5,10-11,14,32H2,1-2H3,(H4,33,34,35)(H,37,38,41)/t16-,17+/m0/s1. The molecule has 43 heavy (non-hydrogen) atoms. The van der Waals surface area contributed by atoms with Gasteiger partial charge in [0.1, 0.15) is 11.1 Å². The summed E-state index contributed by atoms with van der Waals surface area (Å²) in [5.74, 6) is -0.751. The number of nitrogens with two attached hydrogens (primary N) is 3. The van der Waals surface area contributed by atoms with Gasteiger partial charge in [0.15, 0.2) is 17.4 Å². The van der Waals surface area contributed by atoms with Gasteiger partial charge in [0.2, 0.25) is 0 Å². The largest absolute Gasteiger partial charge is 0.370 e.